The lowest BCUT2D eigenvalue weighted by molar-refractivity contribution is -0.141. The van der Waals surface area contributed by atoms with Crippen LogP contribution in [0.2, 0.25) is 0 Å². The number of nitrogens with zero attached hydrogens (tertiary/aromatic N) is 3. The minimum absolute atomic E-state index is 0.0403. The molecule has 0 bridgehead atoms. The maximum atomic E-state index is 14.6. The number of halogens is 4. The molecule has 2 aromatic carbocycles. The standard InChI is InChI=1S/C25H19F4N5O4/c26-18-5-4-16(22(35)15-6-8-31-9-7-15)11-19(18)32-23(36)20-12-21(25(27,28)29)33-34(20)17-3-1-2-14(10-17)13-38-24(30)37/h1-12,22,35H,13H2,(H2,30,37)(H,32,36). The number of hydrogen-bond donors (Lipinski definition) is 3. The molecular weight excluding hydrogens is 510 g/mol. The van der Waals surface area contributed by atoms with E-state index >= 15 is 0 Å². The molecule has 0 saturated heterocycles. The molecule has 4 rings (SSSR count). The number of aliphatic hydroxyl groups excluding tert-OH is 1. The Hall–Kier alpha value is -4.78. The molecule has 0 saturated carbocycles. The molecule has 4 aromatic rings. The summed E-state index contributed by atoms with van der Waals surface area (Å²) in [5.41, 5.74) is 3.75. The van der Waals surface area contributed by atoms with Gasteiger partial charge in [0.15, 0.2) is 5.69 Å². The van der Waals surface area contributed by atoms with Crippen LogP contribution in [0.4, 0.5) is 28.0 Å². The first kappa shape index (κ1) is 26.3. The molecule has 2 heterocycles. The van der Waals surface area contributed by atoms with Gasteiger partial charge in [-0.1, -0.05) is 18.2 Å². The van der Waals surface area contributed by atoms with Gasteiger partial charge in [0.2, 0.25) is 0 Å². The van der Waals surface area contributed by atoms with Crippen LogP contribution in [0, 0.1) is 5.82 Å². The first-order valence-electron chi connectivity index (χ1n) is 10.9. The number of rotatable bonds is 7. The lowest BCUT2D eigenvalue weighted by Gasteiger charge is -2.14. The summed E-state index contributed by atoms with van der Waals surface area (Å²) in [7, 11) is 0. The Balaban J connectivity index is 1.68. The SMILES string of the molecule is NC(=O)OCc1cccc(-n2nc(C(F)(F)F)cc2C(=O)Nc2cc(C(O)c3ccncc3)ccc2F)c1. The summed E-state index contributed by atoms with van der Waals surface area (Å²) < 4.78 is 60.4. The zero-order valence-electron chi connectivity index (χ0n) is 19.3. The molecular formula is C25H19F4N5O4. The Labute approximate surface area is 212 Å². The molecule has 0 radical (unpaired) electrons. The van der Waals surface area contributed by atoms with E-state index in [0.717, 1.165) is 10.7 Å². The van der Waals surface area contributed by atoms with E-state index in [0.29, 0.717) is 17.2 Å². The Bertz CT molecular complexity index is 1470. The maximum Gasteiger partial charge on any atom is 0.435 e. The monoisotopic (exact) mass is 529 g/mol. The molecule has 0 spiro atoms. The van der Waals surface area contributed by atoms with Crippen molar-refractivity contribution < 1.29 is 37.0 Å². The minimum Gasteiger partial charge on any atom is -0.445 e. The van der Waals surface area contributed by atoms with Crippen molar-refractivity contribution in [1.82, 2.24) is 14.8 Å². The minimum atomic E-state index is -4.88. The smallest absolute Gasteiger partial charge is 0.435 e. The van der Waals surface area contributed by atoms with Gasteiger partial charge in [0.25, 0.3) is 5.91 Å². The molecule has 0 fully saturated rings. The van der Waals surface area contributed by atoms with E-state index in [1.807, 2.05) is 0 Å². The number of alkyl halides is 3. The number of nitrogens with two attached hydrogens (primary N) is 1. The van der Waals surface area contributed by atoms with Crippen LogP contribution >= 0.6 is 0 Å². The Morgan fingerprint density at radius 3 is 2.47 bits per heavy atom. The number of nitrogens with one attached hydrogen (secondary N) is 1. The quantitative estimate of drug-likeness (QED) is 0.305. The van der Waals surface area contributed by atoms with Crippen LogP contribution < -0.4 is 11.1 Å². The molecule has 0 aliphatic rings. The third-order valence-electron chi connectivity index (χ3n) is 5.34. The zero-order chi connectivity index (χ0) is 27.4. The second-order valence-corrected chi connectivity index (χ2v) is 7.98. The number of hydrogen-bond acceptors (Lipinski definition) is 6. The lowest BCUT2D eigenvalue weighted by atomic mass is 10.0. The third-order valence-corrected chi connectivity index (χ3v) is 5.34. The fourth-order valence-electron chi connectivity index (χ4n) is 3.54. The summed E-state index contributed by atoms with van der Waals surface area (Å²) in [6.45, 7) is -0.268. The number of amides is 2. The van der Waals surface area contributed by atoms with Crippen molar-refractivity contribution in [3.8, 4) is 5.69 Å². The first-order chi connectivity index (χ1) is 18.0. The first-order valence-corrected chi connectivity index (χ1v) is 10.9. The molecule has 1 unspecified atom stereocenters. The highest BCUT2D eigenvalue weighted by Crippen LogP contribution is 2.31. The molecule has 9 nitrogen and oxygen atoms in total. The average molecular weight is 529 g/mol. The number of benzene rings is 2. The topological polar surface area (TPSA) is 132 Å². The molecule has 38 heavy (non-hydrogen) atoms. The van der Waals surface area contributed by atoms with Crippen molar-refractivity contribution in [3.63, 3.8) is 0 Å². The van der Waals surface area contributed by atoms with Crippen molar-refractivity contribution in [2.24, 2.45) is 5.73 Å². The summed E-state index contributed by atoms with van der Waals surface area (Å²) in [5, 5.41) is 16.4. The number of aliphatic hydroxyl groups is 1. The Kier molecular flexibility index (Phi) is 7.39. The fourth-order valence-corrected chi connectivity index (χ4v) is 3.54. The normalized spacial score (nSPS) is 12.1. The number of primary amides is 1. The second-order valence-electron chi connectivity index (χ2n) is 7.98. The van der Waals surface area contributed by atoms with Gasteiger partial charge in [-0.15, -0.1) is 0 Å². The number of pyridine rings is 1. The predicted octanol–water partition coefficient (Wildman–Crippen LogP) is 4.35. The van der Waals surface area contributed by atoms with E-state index < -0.39 is 41.5 Å². The highest BCUT2D eigenvalue weighted by molar-refractivity contribution is 6.03. The summed E-state index contributed by atoms with van der Waals surface area (Å²) in [5.74, 6) is -1.97. The van der Waals surface area contributed by atoms with Crippen molar-refractivity contribution in [2.45, 2.75) is 18.9 Å². The van der Waals surface area contributed by atoms with Crippen LogP contribution in [0.1, 0.15) is 39.0 Å². The van der Waals surface area contributed by atoms with Gasteiger partial charge in [-0.2, -0.15) is 18.3 Å². The van der Waals surface area contributed by atoms with Crippen LogP contribution in [0.15, 0.2) is 73.1 Å². The van der Waals surface area contributed by atoms with E-state index in [2.05, 4.69) is 15.4 Å². The number of carbonyl (C=O) groups excluding carboxylic acids is 2. The van der Waals surface area contributed by atoms with Crippen LogP contribution in [-0.4, -0.2) is 31.9 Å². The van der Waals surface area contributed by atoms with Crippen LogP contribution in [0.5, 0.6) is 0 Å². The highest BCUT2D eigenvalue weighted by atomic mass is 19.4. The van der Waals surface area contributed by atoms with Gasteiger partial charge in [-0.25, -0.2) is 13.9 Å². The van der Waals surface area contributed by atoms with E-state index in [1.54, 1.807) is 12.1 Å². The predicted molar refractivity (Wildman–Crippen MR) is 126 cm³/mol. The third kappa shape index (κ3) is 5.95. The van der Waals surface area contributed by atoms with Crippen molar-refractivity contribution in [2.75, 3.05) is 5.32 Å². The fraction of sp³-hybridized carbons (Fsp3) is 0.120. The van der Waals surface area contributed by atoms with Crippen molar-refractivity contribution in [1.29, 1.82) is 0 Å². The number of aromatic nitrogens is 3. The molecule has 1 atom stereocenters. The molecule has 196 valence electrons. The maximum absolute atomic E-state index is 14.6. The van der Waals surface area contributed by atoms with Gasteiger partial charge in [0.05, 0.1) is 11.4 Å². The van der Waals surface area contributed by atoms with Gasteiger partial charge in [0.1, 0.15) is 24.2 Å². The molecule has 4 N–H and O–H groups in total. The molecule has 2 aromatic heterocycles. The van der Waals surface area contributed by atoms with Gasteiger partial charge >= 0.3 is 12.3 Å². The largest absolute Gasteiger partial charge is 0.445 e. The van der Waals surface area contributed by atoms with E-state index in [-0.39, 0.29) is 23.5 Å². The number of anilines is 1. The molecule has 2 amide bonds. The summed E-state index contributed by atoms with van der Waals surface area (Å²) in [4.78, 5) is 27.8. The van der Waals surface area contributed by atoms with E-state index in [4.69, 9.17) is 10.5 Å². The Morgan fingerprint density at radius 1 is 1.05 bits per heavy atom. The molecule has 0 aliphatic heterocycles. The van der Waals surface area contributed by atoms with Gasteiger partial charge in [-0.05, 0) is 53.1 Å². The van der Waals surface area contributed by atoms with Crippen LogP contribution in [-0.2, 0) is 17.5 Å². The number of ether oxygens (including phenoxy) is 1. The van der Waals surface area contributed by atoms with Crippen molar-refractivity contribution in [3.05, 3.63) is 107 Å². The molecule has 13 heteroatoms. The highest BCUT2D eigenvalue weighted by Gasteiger charge is 2.36. The lowest BCUT2D eigenvalue weighted by Crippen LogP contribution is -2.18. The zero-order valence-corrected chi connectivity index (χ0v) is 19.3. The summed E-state index contributed by atoms with van der Waals surface area (Å²) >= 11 is 0. The van der Waals surface area contributed by atoms with Gasteiger partial charge in [0, 0.05) is 18.5 Å². The summed E-state index contributed by atoms with van der Waals surface area (Å²) in [6.07, 6.45) is -4.19. The van der Waals surface area contributed by atoms with Crippen LogP contribution in [0.25, 0.3) is 5.69 Å². The second kappa shape index (κ2) is 10.7. The van der Waals surface area contributed by atoms with Crippen LogP contribution in [0.3, 0.4) is 0 Å². The van der Waals surface area contributed by atoms with Crippen molar-refractivity contribution >= 4 is 17.7 Å². The molecule has 0 aliphatic carbocycles. The van der Waals surface area contributed by atoms with E-state index in [9.17, 15) is 32.3 Å². The van der Waals surface area contributed by atoms with Gasteiger partial charge in [-0.3, -0.25) is 9.78 Å². The van der Waals surface area contributed by atoms with E-state index in [1.165, 1.54) is 48.8 Å². The summed E-state index contributed by atoms with van der Waals surface area (Å²) in [6, 6.07) is 12.8. The van der Waals surface area contributed by atoms with Gasteiger partial charge < -0.3 is 20.9 Å². The Morgan fingerprint density at radius 2 is 1.79 bits per heavy atom. The average Bonchev–Trinajstić information content (AvgIpc) is 3.36. The number of carbonyl (C=O) groups is 2.